The number of allylic oxidation sites excluding steroid dienone is 4. The second-order valence-corrected chi connectivity index (χ2v) is 8.32. The molecular weight excluding hydrogens is 332 g/mol. The molecule has 1 saturated carbocycles. The van der Waals surface area contributed by atoms with Crippen LogP contribution in [0.1, 0.15) is 29.5 Å². The summed E-state index contributed by atoms with van der Waals surface area (Å²) in [6, 6.07) is 14.6. The third-order valence-corrected chi connectivity index (χ3v) is 6.76. The molecule has 4 aliphatic rings. The van der Waals surface area contributed by atoms with Crippen LogP contribution in [-0.4, -0.2) is 10.9 Å². The van der Waals surface area contributed by atoms with Crippen LogP contribution in [0.2, 0.25) is 0 Å². The average molecular weight is 356 g/mol. The zero-order chi connectivity index (χ0) is 18.7. The van der Waals surface area contributed by atoms with E-state index in [9.17, 15) is 9.90 Å². The van der Waals surface area contributed by atoms with E-state index < -0.39 is 0 Å². The fourth-order valence-electron chi connectivity index (χ4n) is 5.59. The number of hydrogen-bond acceptors (Lipinski definition) is 2. The highest BCUT2D eigenvalue weighted by Gasteiger charge is 2.53. The van der Waals surface area contributed by atoms with Crippen LogP contribution in [0.15, 0.2) is 60.4 Å². The number of Topliss-reactive ketones (excluding diaryl/α,β-unsaturated/α-hetero) is 1. The Morgan fingerprint density at radius 1 is 0.852 bits per heavy atom. The fraction of sp³-hybridized carbons (Fsp3) is 0.320. The van der Waals surface area contributed by atoms with E-state index in [1.54, 1.807) is 0 Å². The number of carbonyl (C=O) groups excluding carboxylic acids is 1. The monoisotopic (exact) mass is 356 g/mol. The zero-order valence-corrected chi connectivity index (χ0v) is 15.8. The quantitative estimate of drug-likeness (QED) is 0.706. The van der Waals surface area contributed by atoms with Crippen LogP contribution >= 0.6 is 0 Å². The van der Waals surface area contributed by atoms with Crippen LogP contribution in [0.4, 0.5) is 0 Å². The maximum absolute atomic E-state index is 13.3. The van der Waals surface area contributed by atoms with Gasteiger partial charge >= 0.3 is 0 Å². The number of fused-ring (bicyclic) bond motifs is 1. The van der Waals surface area contributed by atoms with Gasteiger partial charge in [-0.2, -0.15) is 0 Å². The van der Waals surface area contributed by atoms with Gasteiger partial charge in [-0.3, -0.25) is 4.79 Å². The lowest BCUT2D eigenvalue weighted by molar-refractivity contribution is -0.120. The Bertz CT molecular complexity index is 973. The highest BCUT2D eigenvalue weighted by molar-refractivity contribution is 6.25. The molecule has 0 saturated heterocycles. The second kappa shape index (κ2) is 5.95. The van der Waals surface area contributed by atoms with Gasteiger partial charge in [-0.25, -0.2) is 0 Å². The first-order valence-electron chi connectivity index (χ1n) is 9.89. The molecule has 136 valence electrons. The van der Waals surface area contributed by atoms with E-state index in [2.05, 4.69) is 50.3 Å². The summed E-state index contributed by atoms with van der Waals surface area (Å²) in [6.07, 6.45) is 6.58. The Morgan fingerprint density at radius 3 is 2.00 bits per heavy atom. The van der Waals surface area contributed by atoms with Gasteiger partial charge in [-0.1, -0.05) is 54.6 Å². The van der Waals surface area contributed by atoms with Gasteiger partial charge in [0, 0.05) is 11.8 Å². The van der Waals surface area contributed by atoms with Crippen molar-refractivity contribution in [1.82, 2.24) is 0 Å². The number of benzene rings is 2. The van der Waals surface area contributed by atoms with Gasteiger partial charge in [0.05, 0.1) is 5.57 Å². The topological polar surface area (TPSA) is 37.3 Å². The molecule has 0 spiro atoms. The van der Waals surface area contributed by atoms with Crippen LogP contribution in [-0.2, 0) is 4.79 Å². The van der Waals surface area contributed by atoms with Crippen LogP contribution in [0, 0.1) is 37.5 Å². The lowest BCUT2D eigenvalue weighted by Crippen LogP contribution is -2.38. The number of ketones is 1. The Hall–Kier alpha value is -2.61. The maximum atomic E-state index is 13.3. The standard InChI is InChI=1S/C25H24O2/c1-14-12-19(16-6-4-3-5-7-16)13-15(2)20(14)23-24(26)21-17-8-9-18(11-10-17)22(21)25(23)27/h3-9,12-13,17-18,21-22,26H,10-11H2,1-2H3/t17-,18+,21-,22+/m0/s1. The third kappa shape index (κ3) is 2.36. The number of hydrogen-bond donors (Lipinski definition) is 1. The van der Waals surface area contributed by atoms with Crippen molar-refractivity contribution < 1.29 is 9.90 Å². The maximum Gasteiger partial charge on any atom is 0.171 e. The van der Waals surface area contributed by atoms with Crippen molar-refractivity contribution in [1.29, 1.82) is 0 Å². The molecule has 6 rings (SSSR count). The lowest BCUT2D eigenvalue weighted by Gasteiger charge is -2.40. The number of aliphatic hydroxyl groups is 1. The molecule has 0 aromatic heterocycles. The number of aryl methyl sites for hydroxylation is 2. The van der Waals surface area contributed by atoms with Gasteiger partial charge in [0.25, 0.3) is 0 Å². The van der Waals surface area contributed by atoms with E-state index in [0.717, 1.165) is 35.1 Å². The Labute approximate surface area is 160 Å². The molecule has 0 aliphatic heterocycles. The molecule has 0 amide bonds. The molecule has 4 aliphatic carbocycles. The molecule has 2 heteroatoms. The lowest BCUT2D eigenvalue weighted by atomic mass is 9.63. The van der Waals surface area contributed by atoms with Crippen molar-refractivity contribution in [3.63, 3.8) is 0 Å². The minimum atomic E-state index is -0.0589. The summed E-state index contributed by atoms with van der Waals surface area (Å²) >= 11 is 0. The smallest absolute Gasteiger partial charge is 0.171 e. The summed E-state index contributed by atoms with van der Waals surface area (Å²) < 4.78 is 0. The van der Waals surface area contributed by atoms with Crippen molar-refractivity contribution in [3.05, 3.63) is 77.1 Å². The molecule has 0 unspecified atom stereocenters. The predicted octanol–water partition coefficient (Wildman–Crippen LogP) is 5.65. The molecule has 2 bridgehead atoms. The van der Waals surface area contributed by atoms with E-state index >= 15 is 0 Å². The highest BCUT2D eigenvalue weighted by Crippen LogP contribution is 2.54. The number of aliphatic hydroxyl groups excluding tert-OH is 1. The molecule has 0 heterocycles. The largest absolute Gasteiger partial charge is 0.511 e. The van der Waals surface area contributed by atoms with Crippen LogP contribution in [0.5, 0.6) is 0 Å². The van der Waals surface area contributed by atoms with Gasteiger partial charge in [0.2, 0.25) is 0 Å². The number of rotatable bonds is 2. The minimum absolute atomic E-state index is 0.0103. The minimum Gasteiger partial charge on any atom is -0.511 e. The van der Waals surface area contributed by atoms with Gasteiger partial charge in [0.15, 0.2) is 5.78 Å². The SMILES string of the molecule is Cc1cc(-c2ccccc2)cc(C)c1C1=C(O)[C@@H]2[C@H](C1=O)[C@@H]1C=C[C@H]2CC1. The highest BCUT2D eigenvalue weighted by atomic mass is 16.3. The summed E-state index contributed by atoms with van der Waals surface area (Å²) in [5.74, 6) is 1.01. The van der Waals surface area contributed by atoms with Gasteiger partial charge in [-0.15, -0.1) is 0 Å². The van der Waals surface area contributed by atoms with Crippen LogP contribution in [0.3, 0.4) is 0 Å². The molecule has 1 fully saturated rings. The first kappa shape index (κ1) is 16.6. The van der Waals surface area contributed by atoms with Crippen molar-refractivity contribution in [2.75, 3.05) is 0 Å². The van der Waals surface area contributed by atoms with E-state index in [0.29, 0.717) is 17.3 Å². The molecule has 27 heavy (non-hydrogen) atoms. The van der Waals surface area contributed by atoms with Crippen LogP contribution in [0.25, 0.3) is 16.7 Å². The molecular formula is C25H24O2. The van der Waals surface area contributed by atoms with Gasteiger partial charge in [-0.05, 0) is 66.3 Å². The molecule has 2 nitrogen and oxygen atoms in total. The van der Waals surface area contributed by atoms with E-state index in [1.807, 2.05) is 18.2 Å². The Balaban J connectivity index is 1.62. The first-order valence-corrected chi connectivity index (χ1v) is 9.89. The van der Waals surface area contributed by atoms with E-state index in [1.165, 1.54) is 5.56 Å². The summed E-state index contributed by atoms with van der Waals surface area (Å²) in [7, 11) is 0. The molecule has 0 radical (unpaired) electrons. The molecule has 2 aromatic rings. The van der Waals surface area contributed by atoms with Crippen molar-refractivity contribution >= 4 is 11.4 Å². The van der Waals surface area contributed by atoms with Crippen molar-refractivity contribution in [2.24, 2.45) is 23.7 Å². The van der Waals surface area contributed by atoms with Crippen molar-refractivity contribution in [2.45, 2.75) is 26.7 Å². The Morgan fingerprint density at radius 2 is 1.44 bits per heavy atom. The summed E-state index contributed by atoms with van der Waals surface area (Å²) in [4.78, 5) is 13.3. The predicted molar refractivity (Wildman–Crippen MR) is 108 cm³/mol. The summed E-state index contributed by atoms with van der Waals surface area (Å²) in [5, 5.41) is 11.1. The molecule has 4 atom stereocenters. The summed E-state index contributed by atoms with van der Waals surface area (Å²) in [6.45, 7) is 4.11. The van der Waals surface area contributed by atoms with Crippen molar-refractivity contribution in [3.8, 4) is 11.1 Å². The van der Waals surface area contributed by atoms with Gasteiger partial charge in [0.1, 0.15) is 5.76 Å². The number of carbonyl (C=O) groups is 1. The zero-order valence-electron chi connectivity index (χ0n) is 15.8. The van der Waals surface area contributed by atoms with E-state index in [4.69, 9.17) is 0 Å². The first-order chi connectivity index (χ1) is 13.1. The Kier molecular flexibility index (Phi) is 3.65. The fourth-order valence-corrected chi connectivity index (χ4v) is 5.59. The summed E-state index contributed by atoms with van der Waals surface area (Å²) in [5.41, 5.74) is 5.96. The normalized spacial score (nSPS) is 28.7. The second-order valence-electron chi connectivity index (χ2n) is 8.32. The molecule has 2 aromatic carbocycles. The molecule has 1 N–H and O–H groups in total. The van der Waals surface area contributed by atoms with E-state index in [-0.39, 0.29) is 23.5 Å². The third-order valence-electron chi connectivity index (χ3n) is 6.76. The van der Waals surface area contributed by atoms with Crippen LogP contribution < -0.4 is 0 Å². The van der Waals surface area contributed by atoms with Gasteiger partial charge < -0.3 is 5.11 Å². The average Bonchev–Trinajstić information content (AvgIpc) is 2.96.